The third-order valence-electron chi connectivity index (χ3n) is 7.04. The third-order valence-corrected chi connectivity index (χ3v) is 8.54. The number of piperidine rings is 1. The Bertz CT molecular complexity index is 1410. The number of para-hydroxylation sites is 1. The number of hydrogen-bond donors (Lipinski definition) is 3. The van der Waals surface area contributed by atoms with Gasteiger partial charge in [-0.05, 0) is 63.1 Å². The minimum Gasteiger partial charge on any atom is -0.464 e. The number of ether oxygens (including phenoxy) is 1. The molecule has 1 amide bonds. The molecule has 4 N–H and O–H groups in total. The van der Waals surface area contributed by atoms with Gasteiger partial charge in [0, 0.05) is 30.5 Å². The zero-order chi connectivity index (χ0) is 28.2. The van der Waals surface area contributed by atoms with Crippen LogP contribution in [0.4, 0.5) is 0 Å². The Kier molecular flexibility index (Phi) is 8.98. The largest absolute Gasteiger partial charge is 0.464 e. The highest BCUT2D eigenvalue weighted by Gasteiger charge is 2.40. The van der Waals surface area contributed by atoms with Gasteiger partial charge in [-0.2, -0.15) is 4.72 Å². The summed E-state index contributed by atoms with van der Waals surface area (Å²) < 4.78 is 35.3. The Labute approximate surface area is 228 Å². The molecule has 3 aromatic rings. The van der Waals surface area contributed by atoms with Gasteiger partial charge in [0.25, 0.3) is 0 Å². The van der Waals surface area contributed by atoms with Crippen LogP contribution in [0.2, 0.25) is 0 Å². The van der Waals surface area contributed by atoms with E-state index in [1.54, 1.807) is 37.6 Å². The monoisotopic (exact) mass is 556 g/mol. The van der Waals surface area contributed by atoms with E-state index in [1.807, 2.05) is 19.9 Å². The zero-order valence-electron chi connectivity index (χ0n) is 22.5. The van der Waals surface area contributed by atoms with Crippen molar-refractivity contribution < 1.29 is 22.7 Å². The van der Waals surface area contributed by atoms with Gasteiger partial charge in [-0.3, -0.25) is 9.78 Å². The molecule has 1 aliphatic heterocycles. The lowest BCUT2D eigenvalue weighted by Gasteiger charge is -2.38. The standard InChI is InChI=1S/C27H36N6O5S/c1-4-38-27(35)22-15-17(2)10-13-33(22)26(34)21(9-8-20(28)25-29-11-12-30-25)32-39(36,37)23-7-5-6-19-14-18(3)16-31-24(19)23/h5-7,11-12,14,16-17,20-22,32H,4,8-10,13,15,28H2,1-3H3,(H,29,30)/t17-,20?,21+,22-/m1/s1. The van der Waals surface area contributed by atoms with Gasteiger partial charge in [-0.25, -0.2) is 18.2 Å². The number of nitrogens with zero attached hydrogens (tertiary/aromatic N) is 3. The molecule has 0 bridgehead atoms. The summed E-state index contributed by atoms with van der Waals surface area (Å²) in [6, 6.07) is 4.27. The first kappa shape index (κ1) is 28.7. The van der Waals surface area contributed by atoms with Crippen molar-refractivity contribution in [1.82, 2.24) is 24.6 Å². The molecule has 0 spiro atoms. The highest BCUT2D eigenvalue weighted by Crippen LogP contribution is 2.27. The van der Waals surface area contributed by atoms with Crippen molar-refractivity contribution in [2.45, 2.75) is 69.5 Å². The molecule has 1 aromatic carbocycles. The second-order valence-electron chi connectivity index (χ2n) is 10.1. The number of amides is 1. The van der Waals surface area contributed by atoms with Gasteiger partial charge in [0.2, 0.25) is 15.9 Å². The lowest BCUT2D eigenvalue weighted by molar-refractivity contribution is -0.158. The van der Waals surface area contributed by atoms with Gasteiger partial charge < -0.3 is 20.4 Å². The van der Waals surface area contributed by atoms with Gasteiger partial charge in [-0.15, -0.1) is 0 Å². The molecule has 39 heavy (non-hydrogen) atoms. The number of pyridine rings is 1. The molecule has 12 heteroatoms. The smallest absolute Gasteiger partial charge is 0.328 e. The topological polar surface area (TPSA) is 160 Å². The van der Waals surface area contributed by atoms with Crippen molar-refractivity contribution in [2.24, 2.45) is 11.7 Å². The minimum atomic E-state index is -4.18. The number of rotatable bonds is 10. The SMILES string of the molecule is CCOC(=O)[C@H]1C[C@H](C)CCN1C(=O)[C@H](CCC(N)c1ncc[nH]1)NS(=O)(=O)c1cccc2cc(C)cnc12. The van der Waals surface area contributed by atoms with E-state index in [1.165, 1.54) is 11.0 Å². The van der Waals surface area contributed by atoms with Crippen LogP contribution in [0.3, 0.4) is 0 Å². The first-order valence-electron chi connectivity index (χ1n) is 13.2. The fourth-order valence-corrected chi connectivity index (χ4v) is 6.38. The van der Waals surface area contributed by atoms with Crippen LogP contribution in [0.1, 0.15) is 57.0 Å². The maximum Gasteiger partial charge on any atom is 0.328 e. The summed E-state index contributed by atoms with van der Waals surface area (Å²) in [4.78, 5) is 39.6. The van der Waals surface area contributed by atoms with Crippen molar-refractivity contribution in [2.75, 3.05) is 13.2 Å². The molecule has 0 aliphatic carbocycles. The number of carbonyl (C=O) groups excluding carboxylic acids is 2. The van der Waals surface area contributed by atoms with E-state index in [0.717, 1.165) is 5.56 Å². The maximum absolute atomic E-state index is 14.0. The van der Waals surface area contributed by atoms with Gasteiger partial charge in [-0.1, -0.05) is 19.1 Å². The van der Waals surface area contributed by atoms with Crippen LogP contribution in [0.15, 0.2) is 47.8 Å². The molecule has 0 saturated carbocycles. The number of esters is 1. The normalized spacial score (nSPS) is 19.5. The van der Waals surface area contributed by atoms with Crippen LogP contribution in [0.5, 0.6) is 0 Å². The van der Waals surface area contributed by atoms with Crippen molar-refractivity contribution in [3.05, 3.63) is 54.2 Å². The number of likely N-dealkylation sites (tertiary alicyclic amines) is 1. The van der Waals surface area contributed by atoms with Gasteiger partial charge in [0.05, 0.1) is 18.2 Å². The lowest BCUT2D eigenvalue weighted by Crippen LogP contribution is -2.56. The molecular formula is C27H36N6O5S. The summed E-state index contributed by atoms with van der Waals surface area (Å²) in [7, 11) is -4.18. The molecule has 3 heterocycles. The predicted octanol–water partition coefficient (Wildman–Crippen LogP) is 2.58. The Morgan fingerprint density at radius 3 is 2.79 bits per heavy atom. The fraction of sp³-hybridized carbons (Fsp3) is 0.481. The molecular weight excluding hydrogens is 520 g/mol. The van der Waals surface area contributed by atoms with E-state index >= 15 is 0 Å². The van der Waals surface area contributed by atoms with Crippen molar-refractivity contribution in [1.29, 1.82) is 0 Å². The summed E-state index contributed by atoms with van der Waals surface area (Å²) in [5.74, 6) is -0.218. The van der Waals surface area contributed by atoms with Gasteiger partial charge >= 0.3 is 5.97 Å². The first-order chi connectivity index (χ1) is 18.6. The van der Waals surface area contributed by atoms with Crippen LogP contribution in [0, 0.1) is 12.8 Å². The molecule has 1 saturated heterocycles. The summed E-state index contributed by atoms with van der Waals surface area (Å²) in [5.41, 5.74) is 7.49. The quantitative estimate of drug-likeness (QED) is 0.321. The van der Waals surface area contributed by atoms with E-state index in [-0.39, 0.29) is 30.3 Å². The van der Waals surface area contributed by atoms with Crippen LogP contribution < -0.4 is 10.5 Å². The number of sulfonamides is 1. The molecule has 1 unspecified atom stereocenters. The highest BCUT2D eigenvalue weighted by molar-refractivity contribution is 7.89. The highest BCUT2D eigenvalue weighted by atomic mass is 32.2. The van der Waals surface area contributed by atoms with Crippen LogP contribution >= 0.6 is 0 Å². The lowest BCUT2D eigenvalue weighted by atomic mass is 9.91. The number of nitrogens with one attached hydrogen (secondary N) is 2. The number of H-pyrrole nitrogens is 1. The van der Waals surface area contributed by atoms with E-state index in [9.17, 15) is 18.0 Å². The number of fused-ring (bicyclic) bond motifs is 1. The summed E-state index contributed by atoms with van der Waals surface area (Å²) >= 11 is 0. The molecule has 2 aromatic heterocycles. The number of aryl methyl sites for hydroxylation is 1. The number of nitrogens with two attached hydrogens (primary N) is 1. The third kappa shape index (κ3) is 6.63. The second-order valence-corrected chi connectivity index (χ2v) is 11.8. The Balaban J connectivity index is 1.65. The maximum atomic E-state index is 14.0. The summed E-state index contributed by atoms with van der Waals surface area (Å²) in [6.07, 6.45) is 6.34. The molecule has 0 radical (unpaired) electrons. The predicted molar refractivity (Wildman–Crippen MR) is 146 cm³/mol. The fourth-order valence-electron chi connectivity index (χ4n) is 4.97. The molecule has 4 atom stereocenters. The van der Waals surface area contributed by atoms with Crippen LogP contribution in [-0.4, -0.2) is 65.4 Å². The molecule has 1 aliphatic rings. The van der Waals surface area contributed by atoms with E-state index < -0.39 is 40.0 Å². The second kappa shape index (κ2) is 12.2. The average molecular weight is 557 g/mol. The van der Waals surface area contributed by atoms with Crippen molar-refractivity contribution >= 4 is 32.8 Å². The van der Waals surface area contributed by atoms with Gasteiger partial charge in [0.15, 0.2) is 0 Å². The number of hydrogen-bond acceptors (Lipinski definition) is 8. The first-order valence-corrected chi connectivity index (χ1v) is 14.7. The average Bonchev–Trinajstić information content (AvgIpc) is 3.45. The summed E-state index contributed by atoms with van der Waals surface area (Å²) in [6.45, 7) is 6.12. The number of benzene rings is 1. The Morgan fingerprint density at radius 2 is 2.08 bits per heavy atom. The van der Waals surface area contributed by atoms with Gasteiger partial charge in [0.1, 0.15) is 22.8 Å². The molecule has 11 nitrogen and oxygen atoms in total. The number of aromatic amines is 1. The van der Waals surface area contributed by atoms with Crippen LogP contribution in [0.25, 0.3) is 10.9 Å². The van der Waals surface area contributed by atoms with Crippen LogP contribution in [-0.2, 0) is 24.3 Å². The van der Waals surface area contributed by atoms with E-state index in [4.69, 9.17) is 10.5 Å². The van der Waals surface area contributed by atoms with Crippen molar-refractivity contribution in [3.63, 3.8) is 0 Å². The number of imidazole rings is 1. The number of carbonyl (C=O) groups is 2. The van der Waals surface area contributed by atoms with Crippen molar-refractivity contribution in [3.8, 4) is 0 Å². The van der Waals surface area contributed by atoms with E-state index in [2.05, 4.69) is 19.7 Å². The number of aromatic nitrogens is 3. The summed E-state index contributed by atoms with van der Waals surface area (Å²) in [5, 5.41) is 0.674. The van der Waals surface area contributed by atoms with E-state index in [0.29, 0.717) is 36.1 Å². The Morgan fingerprint density at radius 1 is 1.28 bits per heavy atom. The Hall–Kier alpha value is -3.35. The molecule has 4 rings (SSSR count). The zero-order valence-corrected chi connectivity index (χ0v) is 23.3. The molecule has 1 fully saturated rings. The molecule has 210 valence electrons. The minimum absolute atomic E-state index is 0.0256.